The molecule has 1 heterocycles. The molecule has 8 rings (SSSR count). The van der Waals surface area contributed by atoms with Crippen molar-refractivity contribution in [2.75, 3.05) is 18.1 Å². The van der Waals surface area contributed by atoms with Crippen LogP contribution in [0.15, 0.2) is 133 Å². The van der Waals surface area contributed by atoms with Crippen LogP contribution in [0.3, 0.4) is 0 Å². The number of carbonyl (C=O) groups excluding carboxylic acids is 4. The van der Waals surface area contributed by atoms with Crippen molar-refractivity contribution >= 4 is 34.6 Å². The zero-order chi connectivity index (χ0) is 33.7. The molecule has 0 spiro atoms. The zero-order valence-electron chi connectivity index (χ0n) is 26.8. The minimum Gasteiger partial charge on any atom is -0.491 e. The maximum atomic E-state index is 15.1. The first-order valence-corrected chi connectivity index (χ1v) is 16.8. The smallest absolute Gasteiger partial charge is 0.238 e. The molecule has 7 heteroatoms. The fourth-order valence-electron chi connectivity index (χ4n) is 9.00. The van der Waals surface area contributed by atoms with Crippen LogP contribution in [0.2, 0.25) is 0 Å². The highest BCUT2D eigenvalue weighted by molar-refractivity contribution is 6.32. The number of amides is 2. The number of imide groups is 1. The maximum Gasteiger partial charge on any atom is 0.238 e. The van der Waals surface area contributed by atoms with Gasteiger partial charge in [0.2, 0.25) is 11.8 Å². The van der Waals surface area contributed by atoms with Crippen LogP contribution in [0.1, 0.15) is 35.4 Å². The number of ketones is 2. The zero-order valence-corrected chi connectivity index (χ0v) is 26.8. The number of aliphatic hydroxyl groups is 1. The summed E-state index contributed by atoms with van der Waals surface area (Å²) in [5, 5.41) is 9.31. The molecule has 2 fully saturated rings. The molecule has 1 saturated heterocycles. The van der Waals surface area contributed by atoms with Crippen LogP contribution in [0.4, 0.5) is 5.69 Å². The Bertz CT molecular complexity index is 2000. The number of fused-ring (bicyclic) bond motifs is 4. The molecular weight excluding hydrogens is 614 g/mol. The van der Waals surface area contributed by atoms with E-state index in [4.69, 9.17) is 4.74 Å². The predicted molar refractivity (Wildman–Crippen MR) is 185 cm³/mol. The summed E-state index contributed by atoms with van der Waals surface area (Å²) in [5.74, 6) is -3.26. The minimum atomic E-state index is -1.29. The Morgan fingerprint density at radius 1 is 0.755 bits per heavy atom. The molecule has 3 aliphatic carbocycles. The number of rotatable bonds is 7. The largest absolute Gasteiger partial charge is 0.491 e. The minimum absolute atomic E-state index is 0.125. The molecule has 0 bridgehead atoms. The van der Waals surface area contributed by atoms with E-state index in [1.165, 1.54) is 11.0 Å². The average Bonchev–Trinajstić information content (AvgIpc) is 3.41. The van der Waals surface area contributed by atoms with Gasteiger partial charge in [-0.05, 0) is 65.8 Å². The van der Waals surface area contributed by atoms with Gasteiger partial charge < -0.3 is 9.84 Å². The molecule has 1 N–H and O–H groups in total. The fourth-order valence-corrected chi connectivity index (χ4v) is 9.00. The van der Waals surface area contributed by atoms with E-state index in [-0.39, 0.29) is 43.0 Å². The number of para-hydroxylation sites is 1. The number of nitrogens with zero attached hydrogens (tertiary/aromatic N) is 1. The molecule has 4 aliphatic rings. The summed E-state index contributed by atoms with van der Waals surface area (Å²) in [6.45, 7) is 0.0168. The Balaban J connectivity index is 1.34. The summed E-state index contributed by atoms with van der Waals surface area (Å²) in [6, 6.07) is 35.3. The Hall–Kier alpha value is -5.40. The van der Waals surface area contributed by atoms with Crippen molar-refractivity contribution in [3.8, 4) is 5.75 Å². The summed E-state index contributed by atoms with van der Waals surface area (Å²) in [6.07, 6.45) is 4.22. The molecule has 4 aromatic rings. The average molecular weight is 650 g/mol. The molecule has 0 radical (unpaired) electrons. The number of aliphatic hydroxyl groups excluding tert-OH is 1. The first-order chi connectivity index (χ1) is 23.9. The first kappa shape index (κ1) is 30.9. The van der Waals surface area contributed by atoms with Crippen LogP contribution in [0.5, 0.6) is 5.75 Å². The molecule has 4 aromatic carbocycles. The van der Waals surface area contributed by atoms with Gasteiger partial charge in [0.25, 0.3) is 0 Å². The van der Waals surface area contributed by atoms with Crippen molar-refractivity contribution in [2.24, 2.45) is 23.7 Å². The summed E-state index contributed by atoms with van der Waals surface area (Å²) in [5.41, 5.74) is 2.77. The highest BCUT2D eigenvalue weighted by atomic mass is 16.5. The second kappa shape index (κ2) is 12.2. The highest BCUT2D eigenvalue weighted by Crippen LogP contribution is 2.63. The maximum absolute atomic E-state index is 15.1. The number of hydrogen-bond donors (Lipinski definition) is 1. The summed E-state index contributed by atoms with van der Waals surface area (Å²) in [7, 11) is 0. The van der Waals surface area contributed by atoms with Crippen molar-refractivity contribution in [2.45, 2.75) is 24.2 Å². The molecule has 2 amide bonds. The summed E-state index contributed by atoms with van der Waals surface area (Å²) in [4.78, 5) is 59.7. The molecule has 0 aromatic heterocycles. The number of ether oxygens (including phenoxy) is 1. The molecule has 244 valence electrons. The first-order valence-electron chi connectivity index (χ1n) is 16.8. The van der Waals surface area contributed by atoms with E-state index in [0.717, 1.165) is 16.7 Å². The summed E-state index contributed by atoms with van der Waals surface area (Å²) >= 11 is 0. The normalized spacial score (nSPS) is 27.5. The van der Waals surface area contributed by atoms with Gasteiger partial charge in [-0.2, -0.15) is 0 Å². The van der Waals surface area contributed by atoms with Crippen LogP contribution in [-0.2, 0) is 24.6 Å². The standard InChI is InChI=1S/C42H35NO6/c44-22-23-49-30-18-16-27(17-19-30)38-31-20-21-32-37(41(48)43(40(32)47)29-14-8-3-9-15-29)34(31)24-35-39(46)33(26-10-4-1-5-11-26)25-36(45)42(35,38)28-12-6-2-7-13-28/h1-20,25,32,34-35,37-38,44H,21-24H2. The third-order valence-electron chi connectivity index (χ3n) is 11.0. The lowest BCUT2D eigenvalue weighted by atomic mass is 9.44. The SMILES string of the molecule is O=C1C(c2ccccc2)=CC(=O)C2(c3ccccc3)C1CC1C(=CCC3C(=O)N(c4ccccc4)C(=O)C31)C2c1ccc(OCCO)cc1. The molecule has 1 aliphatic heterocycles. The Labute approximate surface area is 284 Å². The van der Waals surface area contributed by atoms with E-state index < -0.39 is 35.0 Å². The van der Waals surface area contributed by atoms with E-state index in [1.54, 1.807) is 12.1 Å². The van der Waals surface area contributed by atoms with E-state index in [9.17, 15) is 19.5 Å². The summed E-state index contributed by atoms with van der Waals surface area (Å²) < 4.78 is 5.68. The monoisotopic (exact) mass is 649 g/mol. The van der Waals surface area contributed by atoms with Gasteiger partial charge in [-0.3, -0.25) is 24.1 Å². The van der Waals surface area contributed by atoms with Gasteiger partial charge in [0.05, 0.1) is 29.5 Å². The van der Waals surface area contributed by atoms with Crippen LogP contribution in [0.25, 0.3) is 5.57 Å². The van der Waals surface area contributed by atoms with Crippen molar-refractivity contribution in [1.29, 1.82) is 0 Å². The van der Waals surface area contributed by atoms with Crippen molar-refractivity contribution in [3.05, 3.63) is 150 Å². The second-order valence-corrected chi connectivity index (χ2v) is 13.3. The van der Waals surface area contributed by atoms with Crippen LogP contribution in [0, 0.1) is 23.7 Å². The number of allylic oxidation sites excluding steroid dienone is 4. The van der Waals surface area contributed by atoms with Gasteiger partial charge in [0, 0.05) is 17.4 Å². The molecular formula is C42H35NO6. The van der Waals surface area contributed by atoms with Gasteiger partial charge in [0.1, 0.15) is 12.4 Å². The van der Waals surface area contributed by atoms with Crippen molar-refractivity contribution in [1.82, 2.24) is 0 Å². The quantitative estimate of drug-likeness (QED) is 0.192. The number of anilines is 1. The van der Waals surface area contributed by atoms with E-state index in [0.29, 0.717) is 29.0 Å². The van der Waals surface area contributed by atoms with Gasteiger partial charge in [-0.25, -0.2) is 0 Å². The Morgan fingerprint density at radius 3 is 2.08 bits per heavy atom. The van der Waals surface area contributed by atoms with Gasteiger partial charge >= 0.3 is 0 Å². The lowest BCUT2D eigenvalue weighted by molar-refractivity contribution is -0.135. The highest BCUT2D eigenvalue weighted by Gasteiger charge is 2.66. The number of carbonyl (C=O) groups is 4. The number of Topliss-reactive ketones (excluding diaryl/α,β-unsaturated/α-hetero) is 1. The molecule has 7 nitrogen and oxygen atoms in total. The third-order valence-corrected chi connectivity index (χ3v) is 11.0. The third kappa shape index (κ3) is 4.75. The second-order valence-electron chi connectivity index (χ2n) is 13.3. The van der Waals surface area contributed by atoms with Crippen LogP contribution in [-0.4, -0.2) is 41.7 Å². The van der Waals surface area contributed by atoms with E-state index in [2.05, 4.69) is 6.08 Å². The number of benzene rings is 4. The van der Waals surface area contributed by atoms with Crippen LogP contribution < -0.4 is 9.64 Å². The van der Waals surface area contributed by atoms with Gasteiger partial charge in [-0.15, -0.1) is 0 Å². The van der Waals surface area contributed by atoms with Gasteiger partial charge in [0.15, 0.2) is 11.6 Å². The Morgan fingerprint density at radius 2 is 1.41 bits per heavy atom. The molecule has 1 saturated carbocycles. The fraction of sp³-hybridized carbons (Fsp3) is 0.238. The van der Waals surface area contributed by atoms with Crippen molar-refractivity contribution < 1.29 is 29.0 Å². The lowest BCUT2D eigenvalue weighted by Gasteiger charge is -2.55. The van der Waals surface area contributed by atoms with Crippen molar-refractivity contribution in [3.63, 3.8) is 0 Å². The van der Waals surface area contributed by atoms with E-state index >= 15 is 4.79 Å². The Kier molecular flexibility index (Phi) is 7.72. The lowest BCUT2D eigenvalue weighted by Crippen LogP contribution is -2.58. The molecule has 49 heavy (non-hydrogen) atoms. The van der Waals surface area contributed by atoms with Crippen LogP contribution >= 0.6 is 0 Å². The molecule has 6 unspecified atom stereocenters. The van der Waals surface area contributed by atoms with Gasteiger partial charge in [-0.1, -0.05) is 103 Å². The molecule has 6 atom stereocenters. The van der Waals surface area contributed by atoms with E-state index in [1.807, 2.05) is 103 Å². The topological polar surface area (TPSA) is 101 Å². The number of hydrogen-bond acceptors (Lipinski definition) is 6. The predicted octanol–water partition coefficient (Wildman–Crippen LogP) is 6.09.